The molecule has 2 aromatic carbocycles. The fourth-order valence-electron chi connectivity index (χ4n) is 4.75. The highest BCUT2D eigenvalue weighted by atomic mass is 32.2. The molecule has 2 atom stereocenters. The van der Waals surface area contributed by atoms with Gasteiger partial charge in [0.1, 0.15) is 6.54 Å². The minimum Gasteiger partial charge on any atom is -0.353 e. The number of thioether (sulfide) groups is 1. The number of hydrogen-bond acceptors (Lipinski definition) is 4. The summed E-state index contributed by atoms with van der Waals surface area (Å²) in [6, 6.07) is 18.7. The molecule has 4 rings (SSSR count). The summed E-state index contributed by atoms with van der Waals surface area (Å²) in [6.07, 6.45) is 6.37. The van der Waals surface area contributed by atoms with Crippen LogP contribution >= 0.6 is 11.8 Å². The Morgan fingerprint density at radius 2 is 1.85 bits per heavy atom. The molecule has 2 fully saturated rings. The van der Waals surface area contributed by atoms with Crippen molar-refractivity contribution in [2.75, 3.05) is 26.7 Å². The molecule has 2 unspecified atom stereocenters. The van der Waals surface area contributed by atoms with Crippen molar-refractivity contribution in [1.82, 2.24) is 15.1 Å². The van der Waals surface area contributed by atoms with Gasteiger partial charge in [0.2, 0.25) is 5.91 Å². The SMILES string of the molecule is Cc1ccc(/C=C2/SC3CCCCC3N(CC(=O)NCCN(C)Cc3ccccc3)C2=O)cc1. The number of aryl methyl sites for hydroxylation is 1. The highest BCUT2D eigenvalue weighted by molar-refractivity contribution is 8.04. The van der Waals surface area contributed by atoms with E-state index in [0.29, 0.717) is 11.8 Å². The van der Waals surface area contributed by atoms with E-state index in [4.69, 9.17) is 0 Å². The zero-order valence-corrected chi connectivity index (χ0v) is 21.0. The van der Waals surface area contributed by atoms with Gasteiger partial charge in [0.25, 0.3) is 5.91 Å². The first kappa shape index (κ1) is 24.6. The Morgan fingerprint density at radius 3 is 2.62 bits per heavy atom. The van der Waals surface area contributed by atoms with Crippen LogP contribution in [-0.2, 0) is 16.1 Å². The number of benzene rings is 2. The Labute approximate surface area is 207 Å². The fourth-order valence-corrected chi connectivity index (χ4v) is 6.22. The summed E-state index contributed by atoms with van der Waals surface area (Å²) in [6.45, 7) is 4.36. The van der Waals surface area contributed by atoms with Crippen LogP contribution < -0.4 is 5.32 Å². The van der Waals surface area contributed by atoms with Gasteiger partial charge in [0.15, 0.2) is 0 Å². The van der Waals surface area contributed by atoms with Gasteiger partial charge in [0, 0.05) is 30.9 Å². The third kappa shape index (κ3) is 6.51. The predicted octanol–water partition coefficient (Wildman–Crippen LogP) is 4.47. The molecule has 0 bridgehead atoms. The number of amides is 2. The topological polar surface area (TPSA) is 52.7 Å². The van der Waals surface area contributed by atoms with E-state index in [9.17, 15) is 9.59 Å². The van der Waals surface area contributed by atoms with Crippen molar-refractivity contribution in [3.63, 3.8) is 0 Å². The second-order valence-corrected chi connectivity index (χ2v) is 10.7. The quantitative estimate of drug-likeness (QED) is 0.570. The van der Waals surface area contributed by atoms with Crippen LogP contribution in [0.4, 0.5) is 0 Å². The lowest BCUT2D eigenvalue weighted by molar-refractivity contribution is -0.135. The zero-order valence-electron chi connectivity index (χ0n) is 20.2. The van der Waals surface area contributed by atoms with Crippen LogP contribution in [0.3, 0.4) is 0 Å². The van der Waals surface area contributed by atoms with Crippen LogP contribution in [0.5, 0.6) is 0 Å². The third-order valence-corrected chi connectivity index (χ3v) is 8.02. The van der Waals surface area contributed by atoms with Crippen LogP contribution in [0.2, 0.25) is 0 Å². The average molecular weight is 478 g/mol. The number of nitrogens with one attached hydrogen (secondary N) is 1. The molecule has 34 heavy (non-hydrogen) atoms. The molecule has 1 aliphatic carbocycles. The molecule has 2 amide bonds. The zero-order chi connectivity index (χ0) is 23.9. The first-order valence-electron chi connectivity index (χ1n) is 12.2. The van der Waals surface area contributed by atoms with Gasteiger partial charge in [-0.15, -0.1) is 11.8 Å². The predicted molar refractivity (Wildman–Crippen MR) is 140 cm³/mol. The number of carbonyl (C=O) groups excluding carboxylic acids is 2. The van der Waals surface area contributed by atoms with Crippen molar-refractivity contribution >= 4 is 29.7 Å². The molecule has 0 aromatic heterocycles. The van der Waals surface area contributed by atoms with E-state index in [0.717, 1.165) is 42.8 Å². The van der Waals surface area contributed by atoms with E-state index < -0.39 is 0 Å². The molecule has 2 aromatic rings. The van der Waals surface area contributed by atoms with Gasteiger partial charge in [-0.25, -0.2) is 0 Å². The minimum atomic E-state index is -0.0765. The third-order valence-electron chi connectivity index (χ3n) is 6.62. The first-order chi connectivity index (χ1) is 16.5. The Hall–Kier alpha value is -2.57. The highest BCUT2D eigenvalue weighted by Gasteiger charge is 2.41. The Kier molecular flexibility index (Phi) is 8.46. The normalized spacial score (nSPS) is 21.6. The van der Waals surface area contributed by atoms with E-state index in [2.05, 4.69) is 48.5 Å². The lowest BCUT2D eigenvalue weighted by Crippen LogP contribution is -2.54. The van der Waals surface area contributed by atoms with Crippen LogP contribution in [0, 0.1) is 6.92 Å². The van der Waals surface area contributed by atoms with Crippen molar-refractivity contribution in [3.8, 4) is 0 Å². The van der Waals surface area contributed by atoms with Gasteiger partial charge in [-0.3, -0.25) is 9.59 Å². The standard InChI is InChI=1S/C28H35N3O2S/c1-21-12-14-22(15-13-21)18-26-28(33)31(24-10-6-7-11-25(24)34-26)20-27(32)29-16-17-30(2)19-23-8-4-3-5-9-23/h3-5,8-9,12-15,18,24-25H,6-7,10-11,16-17,19-20H2,1-2H3,(H,29,32)/b26-18+. The van der Waals surface area contributed by atoms with Gasteiger partial charge in [-0.2, -0.15) is 0 Å². The number of hydrogen-bond donors (Lipinski definition) is 1. The van der Waals surface area contributed by atoms with E-state index in [1.165, 1.54) is 17.5 Å². The largest absolute Gasteiger partial charge is 0.353 e. The van der Waals surface area contributed by atoms with Crippen LogP contribution in [0.1, 0.15) is 42.4 Å². The number of carbonyl (C=O) groups is 2. The summed E-state index contributed by atoms with van der Waals surface area (Å²) in [5, 5.41) is 3.40. The van der Waals surface area contributed by atoms with Crippen LogP contribution in [0.25, 0.3) is 6.08 Å². The molecule has 0 spiro atoms. The van der Waals surface area contributed by atoms with E-state index in [1.807, 2.05) is 41.3 Å². The van der Waals surface area contributed by atoms with E-state index in [-0.39, 0.29) is 24.4 Å². The van der Waals surface area contributed by atoms with Crippen molar-refractivity contribution < 1.29 is 9.59 Å². The highest BCUT2D eigenvalue weighted by Crippen LogP contribution is 2.42. The average Bonchev–Trinajstić information content (AvgIpc) is 2.83. The van der Waals surface area contributed by atoms with Crippen LogP contribution in [-0.4, -0.2) is 59.6 Å². The summed E-state index contributed by atoms with van der Waals surface area (Å²) in [4.78, 5) is 31.0. The fraction of sp³-hybridized carbons (Fsp3) is 0.429. The van der Waals surface area contributed by atoms with E-state index in [1.54, 1.807) is 11.8 Å². The van der Waals surface area contributed by atoms with E-state index >= 15 is 0 Å². The molecule has 0 radical (unpaired) electrons. The van der Waals surface area contributed by atoms with Crippen molar-refractivity contribution in [3.05, 3.63) is 76.2 Å². The first-order valence-corrected chi connectivity index (χ1v) is 13.1. The maximum atomic E-state index is 13.4. The summed E-state index contributed by atoms with van der Waals surface area (Å²) in [5.74, 6) is -0.0857. The maximum absolute atomic E-state index is 13.4. The summed E-state index contributed by atoms with van der Waals surface area (Å²) in [7, 11) is 2.05. The van der Waals surface area contributed by atoms with Gasteiger partial charge in [-0.1, -0.05) is 73.0 Å². The smallest absolute Gasteiger partial charge is 0.261 e. The molecular weight excluding hydrogens is 442 g/mol. The van der Waals surface area contributed by atoms with Gasteiger partial charge < -0.3 is 15.1 Å². The number of fused-ring (bicyclic) bond motifs is 1. The number of nitrogens with zero attached hydrogens (tertiary/aromatic N) is 2. The Balaban J connectivity index is 1.36. The lowest BCUT2D eigenvalue weighted by Gasteiger charge is -2.43. The molecule has 180 valence electrons. The second-order valence-electron chi connectivity index (χ2n) is 9.43. The number of rotatable bonds is 8. The van der Waals surface area contributed by atoms with Crippen LogP contribution in [0.15, 0.2) is 59.5 Å². The Morgan fingerprint density at radius 1 is 1.12 bits per heavy atom. The molecule has 2 aliphatic rings. The molecule has 1 heterocycles. The molecular formula is C28H35N3O2S. The number of likely N-dealkylation sites (N-methyl/N-ethyl adjacent to an activating group) is 1. The summed E-state index contributed by atoms with van der Waals surface area (Å²) < 4.78 is 0. The van der Waals surface area contributed by atoms with Crippen molar-refractivity contribution in [1.29, 1.82) is 0 Å². The summed E-state index contributed by atoms with van der Waals surface area (Å²) >= 11 is 1.71. The molecule has 1 saturated heterocycles. The summed E-state index contributed by atoms with van der Waals surface area (Å²) in [5.41, 5.74) is 3.48. The van der Waals surface area contributed by atoms with Crippen molar-refractivity contribution in [2.45, 2.75) is 50.4 Å². The molecule has 1 N–H and O–H groups in total. The lowest BCUT2D eigenvalue weighted by atomic mass is 9.93. The minimum absolute atomic E-state index is 0.00919. The second kappa shape index (κ2) is 11.7. The van der Waals surface area contributed by atoms with Gasteiger partial charge in [-0.05, 0) is 44.0 Å². The maximum Gasteiger partial charge on any atom is 0.261 e. The van der Waals surface area contributed by atoms with Gasteiger partial charge in [0.05, 0.1) is 4.91 Å². The monoisotopic (exact) mass is 477 g/mol. The molecule has 6 heteroatoms. The molecule has 1 aliphatic heterocycles. The Bertz CT molecular complexity index is 1010. The van der Waals surface area contributed by atoms with Crippen molar-refractivity contribution in [2.24, 2.45) is 0 Å². The van der Waals surface area contributed by atoms with Gasteiger partial charge >= 0.3 is 0 Å². The molecule has 5 nitrogen and oxygen atoms in total. The molecule has 1 saturated carbocycles.